The molecule has 0 bridgehead atoms. The maximum atomic E-state index is 13.1. The van der Waals surface area contributed by atoms with Crippen molar-refractivity contribution < 1.29 is 14.4 Å². The lowest BCUT2D eigenvalue weighted by Crippen LogP contribution is -2.43. The van der Waals surface area contributed by atoms with Crippen LogP contribution in [0.1, 0.15) is 30.0 Å². The molecule has 1 saturated heterocycles. The first-order valence-electron chi connectivity index (χ1n) is 9.15. The molecule has 2 aliphatic rings. The second kappa shape index (κ2) is 6.54. The third-order valence-electron chi connectivity index (χ3n) is 5.40. The maximum Gasteiger partial charge on any atom is 0.325 e. The molecule has 1 aliphatic heterocycles. The van der Waals surface area contributed by atoms with E-state index in [9.17, 15) is 14.4 Å². The van der Waals surface area contributed by atoms with Gasteiger partial charge in [-0.05, 0) is 42.0 Å². The van der Waals surface area contributed by atoms with Crippen LogP contribution in [-0.4, -0.2) is 29.3 Å². The van der Waals surface area contributed by atoms with Crippen LogP contribution in [0.4, 0.5) is 10.5 Å². The highest BCUT2D eigenvalue weighted by Gasteiger charge is 2.55. The molecule has 4 amide bonds. The standard InChI is InChI=1S/C21H21N3O3/c1-2-14-7-4-6-10-17(14)22-18(25)13-24-19(26)21(23-20(24)27)12-11-15-8-3-5-9-16(15)21/h3-10H,2,11-13H2,1H3,(H,22,25)(H,23,27)/t21-/m0/s1. The smallest absolute Gasteiger partial charge is 0.324 e. The number of nitrogens with one attached hydrogen (secondary N) is 2. The van der Waals surface area contributed by atoms with Crippen LogP contribution in [0, 0.1) is 0 Å². The van der Waals surface area contributed by atoms with Crippen LogP contribution >= 0.6 is 0 Å². The predicted molar refractivity (Wildman–Crippen MR) is 101 cm³/mol. The van der Waals surface area contributed by atoms with Crippen LogP contribution in [0.25, 0.3) is 0 Å². The molecule has 1 fully saturated rings. The number of hydrogen-bond donors (Lipinski definition) is 2. The molecular weight excluding hydrogens is 342 g/mol. The molecule has 138 valence electrons. The van der Waals surface area contributed by atoms with Crippen molar-refractivity contribution in [3.05, 3.63) is 65.2 Å². The largest absolute Gasteiger partial charge is 0.325 e. The fourth-order valence-corrected chi connectivity index (χ4v) is 4.02. The SMILES string of the molecule is CCc1ccccc1NC(=O)CN1C(=O)N[C@]2(CCc3ccccc32)C1=O. The van der Waals surface area contributed by atoms with E-state index in [4.69, 9.17) is 0 Å². The number of nitrogens with zero attached hydrogens (tertiary/aromatic N) is 1. The van der Waals surface area contributed by atoms with E-state index in [2.05, 4.69) is 10.6 Å². The van der Waals surface area contributed by atoms with E-state index in [1.807, 2.05) is 55.5 Å². The van der Waals surface area contributed by atoms with E-state index in [1.165, 1.54) is 0 Å². The number of hydrogen-bond acceptors (Lipinski definition) is 3. The molecule has 2 N–H and O–H groups in total. The van der Waals surface area contributed by atoms with Crippen molar-refractivity contribution in [3.63, 3.8) is 0 Å². The Kier molecular flexibility index (Phi) is 4.18. The summed E-state index contributed by atoms with van der Waals surface area (Å²) in [6, 6.07) is 14.6. The Bertz CT molecular complexity index is 940. The summed E-state index contributed by atoms with van der Waals surface area (Å²) < 4.78 is 0. The lowest BCUT2D eigenvalue weighted by Gasteiger charge is -2.22. The summed E-state index contributed by atoms with van der Waals surface area (Å²) in [7, 11) is 0. The normalized spacial score (nSPS) is 20.7. The van der Waals surface area contributed by atoms with Gasteiger partial charge in [-0.1, -0.05) is 49.4 Å². The van der Waals surface area contributed by atoms with Crippen LogP contribution in [-0.2, 0) is 28.0 Å². The van der Waals surface area contributed by atoms with Gasteiger partial charge in [0.05, 0.1) is 0 Å². The van der Waals surface area contributed by atoms with Gasteiger partial charge in [0, 0.05) is 5.69 Å². The first-order valence-corrected chi connectivity index (χ1v) is 9.15. The summed E-state index contributed by atoms with van der Waals surface area (Å²) in [5.41, 5.74) is 2.58. The van der Waals surface area contributed by atoms with E-state index in [0.717, 1.165) is 34.4 Å². The number of imide groups is 1. The average molecular weight is 363 g/mol. The van der Waals surface area contributed by atoms with Crippen LogP contribution in [0.5, 0.6) is 0 Å². The molecule has 6 nitrogen and oxygen atoms in total. The summed E-state index contributed by atoms with van der Waals surface area (Å²) in [5.74, 6) is -0.737. The topological polar surface area (TPSA) is 78.5 Å². The number of rotatable bonds is 4. The highest BCUT2D eigenvalue weighted by molar-refractivity contribution is 6.11. The summed E-state index contributed by atoms with van der Waals surface area (Å²) >= 11 is 0. The van der Waals surface area contributed by atoms with Crippen molar-refractivity contribution >= 4 is 23.5 Å². The summed E-state index contributed by atoms with van der Waals surface area (Å²) in [5, 5.41) is 5.65. The number of fused-ring (bicyclic) bond motifs is 2. The van der Waals surface area contributed by atoms with E-state index in [-0.39, 0.29) is 18.4 Å². The second-order valence-corrected chi connectivity index (χ2v) is 6.94. The molecule has 2 aromatic carbocycles. The Hall–Kier alpha value is -3.15. The average Bonchev–Trinajstić information content (AvgIpc) is 3.16. The predicted octanol–water partition coefficient (Wildman–Crippen LogP) is 2.58. The fourth-order valence-electron chi connectivity index (χ4n) is 4.02. The number of benzene rings is 2. The first kappa shape index (κ1) is 17.3. The van der Waals surface area contributed by atoms with Crippen molar-refractivity contribution in [2.24, 2.45) is 0 Å². The molecule has 0 aromatic heterocycles. The first-order chi connectivity index (χ1) is 13.0. The summed E-state index contributed by atoms with van der Waals surface area (Å²) in [6.07, 6.45) is 2.03. The van der Waals surface area contributed by atoms with Crippen molar-refractivity contribution in [1.82, 2.24) is 10.2 Å². The van der Waals surface area contributed by atoms with Gasteiger partial charge < -0.3 is 10.6 Å². The lowest BCUT2D eigenvalue weighted by molar-refractivity contribution is -0.134. The molecule has 1 spiro atoms. The summed E-state index contributed by atoms with van der Waals surface area (Å²) in [4.78, 5) is 39.1. The molecule has 1 heterocycles. The van der Waals surface area contributed by atoms with E-state index < -0.39 is 11.6 Å². The van der Waals surface area contributed by atoms with Gasteiger partial charge in [0.1, 0.15) is 12.1 Å². The lowest BCUT2D eigenvalue weighted by atomic mass is 9.92. The van der Waals surface area contributed by atoms with Gasteiger partial charge in [-0.25, -0.2) is 4.79 Å². The number of para-hydroxylation sites is 1. The van der Waals surface area contributed by atoms with Gasteiger partial charge in [-0.2, -0.15) is 0 Å². The Labute approximate surface area is 157 Å². The van der Waals surface area contributed by atoms with Crippen molar-refractivity contribution in [2.75, 3.05) is 11.9 Å². The van der Waals surface area contributed by atoms with Crippen LogP contribution in [0.3, 0.4) is 0 Å². The number of carbonyl (C=O) groups excluding carboxylic acids is 3. The zero-order valence-electron chi connectivity index (χ0n) is 15.1. The number of amides is 4. The monoisotopic (exact) mass is 363 g/mol. The molecular formula is C21H21N3O3. The van der Waals surface area contributed by atoms with E-state index in [0.29, 0.717) is 12.1 Å². The van der Waals surface area contributed by atoms with Crippen molar-refractivity contribution in [2.45, 2.75) is 31.7 Å². The van der Waals surface area contributed by atoms with Gasteiger partial charge in [0.2, 0.25) is 5.91 Å². The van der Waals surface area contributed by atoms with Crippen molar-refractivity contribution in [3.8, 4) is 0 Å². The van der Waals surface area contributed by atoms with Crippen molar-refractivity contribution in [1.29, 1.82) is 0 Å². The Morgan fingerprint density at radius 3 is 2.70 bits per heavy atom. The maximum absolute atomic E-state index is 13.1. The Morgan fingerprint density at radius 1 is 1.15 bits per heavy atom. The van der Waals surface area contributed by atoms with Gasteiger partial charge in [-0.3, -0.25) is 14.5 Å². The molecule has 27 heavy (non-hydrogen) atoms. The molecule has 0 unspecified atom stereocenters. The quantitative estimate of drug-likeness (QED) is 0.820. The van der Waals surface area contributed by atoms with Gasteiger partial charge in [0.15, 0.2) is 0 Å². The Morgan fingerprint density at radius 2 is 1.89 bits per heavy atom. The molecule has 0 radical (unpaired) electrons. The molecule has 0 saturated carbocycles. The molecule has 1 aliphatic carbocycles. The fraction of sp³-hybridized carbons (Fsp3) is 0.286. The molecule has 2 aromatic rings. The van der Waals surface area contributed by atoms with E-state index >= 15 is 0 Å². The van der Waals surface area contributed by atoms with Crippen LogP contribution in [0.15, 0.2) is 48.5 Å². The highest BCUT2D eigenvalue weighted by atomic mass is 16.2. The van der Waals surface area contributed by atoms with Crippen LogP contribution < -0.4 is 10.6 Å². The zero-order chi connectivity index (χ0) is 19.0. The molecule has 4 rings (SSSR count). The number of anilines is 1. The van der Waals surface area contributed by atoms with Gasteiger partial charge >= 0.3 is 6.03 Å². The van der Waals surface area contributed by atoms with Crippen LogP contribution in [0.2, 0.25) is 0 Å². The minimum atomic E-state index is -1.03. The molecule has 6 heteroatoms. The van der Waals surface area contributed by atoms with Gasteiger partial charge in [0.25, 0.3) is 5.91 Å². The third-order valence-corrected chi connectivity index (χ3v) is 5.40. The number of urea groups is 1. The Balaban J connectivity index is 1.53. The second-order valence-electron chi connectivity index (χ2n) is 6.94. The minimum Gasteiger partial charge on any atom is -0.324 e. The van der Waals surface area contributed by atoms with E-state index in [1.54, 1.807) is 0 Å². The van der Waals surface area contributed by atoms with Gasteiger partial charge in [-0.15, -0.1) is 0 Å². The highest BCUT2D eigenvalue weighted by Crippen LogP contribution is 2.41. The third kappa shape index (κ3) is 2.77. The number of aryl methyl sites for hydroxylation is 2. The number of carbonyl (C=O) groups is 3. The zero-order valence-corrected chi connectivity index (χ0v) is 15.1. The summed E-state index contributed by atoms with van der Waals surface area (Å²) in [6.45, 7) is 1.70. The molecule has 1 atom stereocenters. The minimum absolute atomic E-state index is 0.299.